The molecule has 0 aliphatic carbocycles. The molecular weight excluding hydrogens is 258 g/mol. The fourth-order valence-corrected chi connectivity index (χ4v) is 2.95. The molecular formula is C16H24ClNO. The van der Waals surface area contributed by atoms with Gasteiger partial charge in [0.25, 0.3) is 0 Å². The Morgan fingerprint density at radius 1 is 1.47 bits per heavy atom. The zero-order chi connectivity index (χ0) is 13.5. The van der Waals surface area contributed by atoms with Crippen LogP contribution in [-0.4, -0.2) is 25.8 Å². The summed E-state index contributed by atoms with van der Waals surface area (Å²) in [5.41, 5.74) is 1.31. The Morgan fingerprint density at radius 2 is 2.37 bits per heavy atom. The molecule has 3 heteroatoms. The lowest BCUT2D eigenvalue weighted by molar-refractivity contribution is 0.0393. The Morgan fingerprint density at radius 3 is 3.05 bits per heavy atom. The van der Waals surface area contributed by atoms with Crippen LogP contribution in [0.25, 0.3) is 0 Å². The van der Waals surface area contributed by atoms with Crippen molar-refractivity contribution < 1.29 is 4.74 Å². The van der Waals surface area contributed by atoms with Gasteiger partial charge in [-0.05, 0) is 55.8 Å². The normalized spacial score (nSPS) is 21.3. The number of halogens is 1. The zero-order valence-corrected chi connectivity index (χ0v) is 12.5. The van der Waals surface area contributed by atoms with E-state index in [1.165, 1.54) is 24.8 Å². The fraction of sp³-hybridized carbons (Fsp3) is 0.625. The minimum Gasteiger partial charge on any atom is -0.381 e. The summed E-state index contributed by atoms with van der Waals surface area (Å²) in [4.78, 5) is 0. The van der Waals surface area contributed by atoms with Crippen LogP contribution in [0.3, 0.4) is 0 Å². The van der Waals surface area contributed by atoms with Crippen LogP contribution in [0.15, 0.2) is 24.3 Å². The summed E-state index contributed by atoms with van der Waals surface area (Å²) < 4.78 is 5.64. The second-order valence-corrected chi connectivity index (χ2v) is 5.81. The molecule has 0 spiro atoms. The van der Waals surface area contributed by atoms with Crippen molar-refractivity contribution in [3.63, 3.8) is 0 Å². The van der Waals surface area contributed by atoms with Crippen molar-refractivity contribution in [3.05, 3.63) is 34.9 Å². The molecule has 1 fully saturated rings. The van der Waals surface area contributed by atoms with Gasteiger partial charge >= 0.3 is 0 Å². The molecule has 1 N–H and O–H groups in total. The van der Waals surface area contributed by atoms with Crippen LogP contribution in [0.5, 0.6) is 0 Å². The van der Waals surface area contributed by atoms with Crippen molar-refractivity contribution in [3.8, 4) is 0 Å². The van der Waals surface area contributed by atoms with E-state index in [0.717, 1.165) is 31.2 Å². The number of hydrogen-bond acceptors (Lipinski definition) is 2. The second-order valence-electron chi connectivity index (χ2n) is 5.37. The molecule has 1 aliphatic heterocycles. The fourth-order valence-electron chi connectivity index (χ4n) is 2.74. The molecule has 1 saturated heterocycles. The molecule has 19 heavy (non-hydrogen) atoms. The van der Waals surface area contributed by atoms with Crippen molar-refractivity contribution in [2.24, 2.45) is 5.92 Å². The predicted octanol–water partition coefficient (Wildman–Crippen LogP) is 3.68. The molecule has 1 heterocycles. The lowest BCUT2D eigenvalue weighted by Gasteiger charge is -2.31. The van der Waals surface area contributed by atoms with Gasteiger partial charge in [0.15, 0.2) is 0 Å². The van der Waals surface area contributed by atoms with E-state index in [2.05, 4.69) is 24.4 Å². The Bertz CT molecular complexity index is 377. The number of ether oxygens (including phenoxy) is 1. The van der Waals surface area contributed by atoms with Crippen LogP contribution in [0, 0.1) is 5.92 Å². The standard InChI is InChI=1S/C16H24ClNO/c1-2-8-18-16(14-6-4-9-19-12-14)11-13-5-3-7-15(17)10-13/h3,5,7,10,14,16,18H,2,4,6,8-9,11-12H2,1H3. The van der Waals surface area contributed by atoms with Crippen molar-refractivity contribution in [2.75, 3.05) is 19.8 Å². The van der Waals surface area contributed by atoms with E-state index < -0.39 is 0 Å². The van der Waals surface area contributed by atoms with E-state index >= 15 is 0 Å². The molecule has 0 saturated carbocycles. The Labute approximate surface area is 121 Å². The quantitative estimate of drug-likeness (QED) is 0.859. The highest BCUT2D eigenvalue weighted by Crippen LogP contribution is 2.21. The summed E-state index contributed by atoms with van der Waals surface area (Å²) in [5, 5.41) is 4.51. The third-order valence-corrected chi connectivity index (χ3v) is 4.00. The molecule has 2 rings (SSSR count). The first kappa shape index (κ1) is 14.8. The summed E-state index contributed by atoms with van der Waals surface area (Å²) in [7, 11) is 0. The molecule has 0 bridgehead atoms. The molecule has 106 valence electrons. The highest BCUT2D eigenvalue weighted by atomic mass is 35.5. The minimum absolute atomic E-state index is 0.499. The Kier molecular flexibility index (Phi) is 6.15. The van der Waals surface area contributed by atoms with Crippen LogP contribution in [0.2, 0.25) is 5.02 Å². The van der Waals surface area contributed by atoms with Crippen LogP contribution in [0.1, 0.15) is 31.7 Å². The molecule has 2 nitrogen and oxygen atoms in total. The van der Waals surface area contributed by atoms with Crippen molar-refractivity contribution in [1.82, 2.24) is 5.32 Å². The maximum atomic E-state index is 6.07. The van der Waals surface area contributed by atoms with Crippen LogP contribution in [-0.2, 0) is 11.2 Å². The maximum Gasteiger partial charge on any atom is 0.0509 e. The van der Waals surface area contributed by atoms with Gasteiger partial charge in [0.05, 0.1) is 6.61 Å². The minimum atomic E-state index is 0.499. The number of benzene rings is 1. The molecule has 1 aliphatic rings. The third-order valence-electron chi connectivity index (χ3n) is 3.77. The average molecular weight is 282 g/mol. The van der Waals surface area contributed by atoms with Crippen molar-refractivity contribution in [1.29, 1.82) is 0 Å². The highest BCUT2D eigenvalue weighted by Gasteiger charge is 2.23. The first-order chi connectivity index (χ1) is 9.29. The summed E-state index contributed by atoms with van der Waals surface area (Å²) in [6.07, 6.45) is 4.65. The summed E-state index contributed by atoms with van der Waals surface area (Å²) in [6.45, 7) is 5.10. The number of nitrogens with one attached hydrogen (secondary N) is 1. The largest absolute Gasteiger partial charge is 0.381 e. The van der Waals surface area contributed by atoms with Gasteiger partial charge in [0.1, 0.15) is 0 Å². The lowest BCUT2D eigenvalue weighted by atomic mass is 9.89. The molecule has 2 atom stereocenters. The van der Waals surface area contributed by atoms with Crippen LogP contribution in [0.4, 0.5) is 0 Å². The van der Waals surface area contributed by atoms with Gasteiger partial charge in [-0.2, -0.15) is 0 Å². The second kappa shape index (κ2) is 7.88. The predicted molar refractivity (Wildman–Crippen MR) is 80.8 cm³/mol. The SMILES string of the molecule is CCCNC(Cc1cccc(Cl)c1)C1CCCOC1. The van der Waals surface area contributed by atoms with Gasteiger partial charge in [0.2, 0.25) is 0 Å². The van der Waals surface area contributed by atoms with E-state index in [4.69, 9.17) is 16.3 Å². The van der Waals surface area contributed by atoms with Gasteiger partial charge in [-0.3, -0.25) is 0 Å². The summed E-state index contributed by atoms with van der Waals surface area (Å²) in [5.74, 6) is 0.624. The first-order valence-electron chi connectivity index (χ1n) is 7.35. The van der Waals surface area contributed by atoms with E-state index in [1.54, 1.807) is 0 Å². The van der Waals surface area contributed by atoms with Gasteiger partial charge in [0, 0.05) is 17.7 Å². The van der Waals surface area contributed by atoms with Crippen LogP contribution >= 0.6 is 11.6 Å². The Hall–Kier alpha value is -0.570. The number of rotatable bonds is 6. The van der Waals surface area contributed by atoms with Crippen molar-refractivity contribution >= 4 is 11.6 Å². The summed E-state index contributed by atoms with van der Waals surface area (Å²) in [6, 6.07) is 8.70. The third kappa shape index (κ3) is 4.79. The van der Waals surface area contributed by atoms with Gasteiger partial charge in [-0.1, -0.05) is 30.7 Å². The Balaban J connectivity index is 1.99. The van der Waals surface area contributed by atoms with Crippen molar-refractivity contribution in [2.45, 2.75) is 38.6 Å². The molecule has 2 unspecified atom stereocenters. The van der Waals surface area contributed by atoms with E-state index in [9.17, 15) is 0 Å². The molecule has 1 aromatic carbocycles. The van der Waals surface area contributed by atoms with Gasteiger partial charge < -0.3 is 10.1 Å². The smallest absolute Gasteiger partial charge is 0.0509 e. The van der Waals surface area contributed by atoms with E-state index in [0.29, 0.717) is 12.0 Å². The topological polar surface area (TPSA) is 21.3 Å². The molecule has 0 aromatic heterocycles. The lowest BCUT2D eigenvalue weighted by Crippen LogP contribution is -2.42. The monoisotopic (exact) mass is 281 g/mol. The van der Waals surface area contributed by atoms with E-state index in [-0.39, 0.29) is 0 Å². The van der Waals surface area contributed by atoms with Crippen LogP contribution < -0.4 is 5.32 Å². The molecule has 0 radical (unpaired) electrons. The van der Waals surface area contributed by atoms with E-state index in [1.807, 2.05) is 12.1 Å². The zero-order valence-electron chi connectivity index (χ0n) is 11.7. The first-order valence-corrected chi connectivity index (χ1v) is 7.73. The number of hydrogen-bond donors (Lipinski definition) is 1. The maximum absolute atomic E-state index is 6.07. The molecule has 1 aromatic rings. The molecule has 0 amide bonds. The highest BCUT2D eigenvalue weighted by molar-refractivity contribution is 6.30. The van der Waals surface area contributed by atoms with Gasteiger partial charge in [-0.15, -0.1) is 0 Å². The summed E-state index contributed by atoms with van der Waals surface area (Å²) >= 11 is 6.07. The van der Waals surface area contributed by atoms with Gasteiger partial charge in [-0.25, -0.2) is 0 Å². The average Bonchev–Trinajstić information content (AvgIpc) is 2.44.